The van der Waals surface area contributed by atoms with Crippen LogP contribution in [0.5, 0.6) is 11.5 Å². The Morgan fingerprint density at radius 1 is 1.07 bits per heavy atom. The Labute approximate surface area is 164 Å². The molecule has 0 bridgehead atoms. The van der Waals surface area contributed by atoms with Crippen LogP contribution in [-0.4, -0.2) is 43.4 Å². The van der Waals surface area contributed by atoms with Gasteiger partial charge in [0.05, 0.1) is 20.3 Å². The molecule has 4 nitrogen and oxygen atoms in total. The number of rotatable bonds is 2. The molecule has 5 rings (SSSR count). The van der Waals surface area contributed by atoms with Gasteiger partial charge in [-0.1, -0.05) is 19.9 Å². The number of hydrogen-bond acceptors (Lipinski definition) is 4. The second kappa shape index (κ2) is 6.14. The van der Waals surface area contributed by atoms with Crippen LogP contribution < -0.4 is 15.2 Å². The molecule has 0 aromatic heterocycles. The Kier molecular flexibility index (Phi) is 3.81. The fraction of sp³-hybridized carbons (Fsp3) is 0.333. The minimum absolute atomic E-state index is 0.119. The van der Waals surface area contributed by atoms with Crippen LogP contribution in [0.1, 0.15) is 13.8 Å². The van der Waals surface area contributed by atoms with Gasteiger partial charge in [0.15, 0.2) is 0 Å². The Morgan fingerprint density at radius 3 is 2.61 bits per heavy atom. The zero-order valence-corrected chi connectivity index (χ0v) is 16.6. The maximum Gasteiger partial charge on any atom is 0.124 e. The first-order valence-corrected chi connectivity index (χ1v) is 9.82. The summed E-state index contributed by atoms with van der Waals surface area (Å²) in [4.78, 5) is 2.41. The summed E-state index contributed by atoms with van der Waals surface area (Å²) in [7, 11) is 1.65. The largest absolute Gasteiger partial charge is 0.507 e. The molecule has 0 unspecified atom stereocenters. The van der Waals surface area contributed by atoms with E-state index in [0.717, 1.165) is 48.0 Å². The van der Waals surface area contributed by atoms with Crippen LogP contribution in [0.2, 0.25) is 0 Å². The fourth-order valence-electron chi connectivity index (χ4n) is 4.76. The number of allylic oxidation sites excluding steroid dienone is 3. The monoisotopic (exact) mass is 375 g/mol. The van der Waals surface area contributed by atoms with Crippen molar-refractivity contribution in [3.8, 4) is 11.5 Å². The summed E-state index contributed by atoms with van der Waals surface area (Å²) in [5.74, 6) is 1.05. The number of morpholine rings is 1. The molecule has 2 aromatic carbocycles. The number of methoxy groups -OCH3 is 1. The number of phenolic OH excluding ortho intramolecular Hbond substituents is 1. The normalized spacial score (nSPS) is 20.2. The van der Waals surface area contributed by atoms with Gasteiger partial charge in [-0.2, -0.15) is 0 Å². The van der Waals surface area contributed by atoms with Crippen LogP contribution in [0.3, 0.4) is 0 Å². The molecular formula is C24H25NO3. The van der Waals surface area contributed by atoms with Crippen molar-refractivity contribution in [2.75, 3.05) is 33.4 Å². The van der Waals surface area contributed by atoms with E-state index in [1.54, 1.807) is 7.11 Å². The van der Waals surface area contributed by atoms with E-state index in [1.165, 1.54) is 22.1 Å². The van der Waals surface area contributed by atoms with Crippen molar-refractivity contribution < 1.29 is 14.6 Å². The van der Waals surface area contributed by atoms with Crippen molar-refractivity contribution in [3.05, 3.63) is 58.1 Å². The van der Waals surface area contributed by atoms with E-state index >= 15 is 0 Å². The van der Waals surface area contributed by atoms with Gasteiger partial charge in [-0.25, -0.2) is 0 Å². The van der Waals surface area contributed by atoms with Crippen LogP contribution in [-0.2, 0) is 4.74 Å². The lowest BCUT2D eigenvalue weighted by Crippen LogP contribution is -2.37. The van der Waals surface area contributed by atoms with Gasteiger partial charge >= 0.3 is 0 Å². The number of benzene rings is 2. The summed E-state index contributed by atoms with van der Waals surface area (Å²) < 4.78 is 10.9. The molecule has 28 heavy (non-hydrogen) atoms. The van der Waals surface area contributed by atoms with Gasteiger partial charge in [0.2, 0.25) is 0 Å². The van der Waals surface area contributed by atoms with Crippen LogP contribution in [0.25, 0.3) is 22.4 Å². The molecule has 3 aliphatic rings. The minimum atomic E-state index is -0.119. The molecule has 0 saturated carbocycles. The van der Waals surface area contributed by atoms with Crippen molar-refractivity contribution in [1.29, 1.82) is 0 Å². The zero-order chi connectivity index (χ0) is 19.5. The molecule has 4 heteroatoms. The SMILES string of the molecule is COc1ccc2c3c(cc(O)c2c1)=C1C(=CC(N2CCOCC2)=CC1(C)C)C=3. The third-order valence-electron chi connectivity index (χ3n) is 6.05. The number of ether oxygens (including phenoxy) is 2. The molecule has 0 radical (unpaired) electrons. The lowest BCUT2D eigenvalue weighted by atomic mass is 9.76. The summed E-state index contributed by atoms with van der Waals surface area (Å²) in [6, 6.07) is 7.83. The van der Waals surface area contributed by atoms with Gasteiger partial charge in [0.1, 0.15) is 11.5 Å². The molecule has 144 valence electrons. The highest BCUT2D eigenvalue weighted by atomic mass is 16.5. The number of fused-ring (bicyclic) bond motifs is 4. The molecule has 2 aliphatic carbocycles. The Bertz CT molecular complexity index is 1160. The predicted octanol–water partition coefficient (Wildman–Crippen LogP) is 2.68. The quantitative estimate of drug-likeness (QED) is 0.876. The molecule has 2 aromatic rings. The van der Waals surface area contributed by atoms with E-state index in [0.29, 0.717) is 5.75 Å². The summed E-state index contributed by atoms with van der Waals surface area (Å²) in [5, 5.41) is 14.9. The molecule has 1 fully saturated rings. The first-order chi connectivity index (χ1) is 13.5. The van der Waals surface area contributed by atoms with Crippen molar-refractivity contribution >= 4 is 22.4 Å². The first-order valence-electron chi connectivity index (χ1n) is 9.82. The van der Waals surface area contributed by atoms with Gasteiger partial charge < -0.3 is 19.5 Å². The average molecular weight is 375 g/mol. The van der Waals surface area contributed by atoms with E-state index in [2.05, 4.69) is 37.0 Å². The van der Waals surface area contributed by atoms with Crippen molar-refractivity contribution in [2.24, 2.45) is 5.41 Å². The number of nitrogens with zero attached hydrogens (tertiary/aromatic N) is 1. The van der Waals surface area contributed by atoms with Gasteiger partial charge in [-0.15, -0.1) is 0 Å². The summed E-state index contributed by atoms with van der Waals surface area (Å²) in [6.45, 7) is 7.93. The Morgan fingerprint density at radius 2 is 1.86 bits per heavy atom. The van der Waals surface area contributed by atoms with E-state index < -0.39 is 0 Å². The Hall–Kier alpha value is -2.72. The van der Waals surface area contributed by atoms with E-state index in [1.807, 2.05) is 24.3 Å². The van der Waals surface area contributed by atoms with Crippen LogP contribution in [0.15, 0.2) is 47.7 Å². The molecule has 1 saturated heterocycles. The third-order valence-corrected chi connectivity index (χ3v) is 6.05. The highest BCUT2D eigenvalue weighted by Crippen LogP contribution is 2.42. The summed E-state index contributed by atoms with van der Waals surface area (Å²) >= 11 is 0. The number of aromatic hydroxyl groups is 1. The van der Waals surface area contributed by atoms with Crippen molar-refractivity contribution in [1.82, 2.24) is 4.90 Å². The average Bonchev–Trinajstić information content (AvgIpc) is 3.07. The van der Waals surface area contributed by atoms with Crippen LogP contribution in [0.4, 0.5) is 0 Å². The highest BCUT2D eigenvalue weighted by molar-refractivity contribution is 5.97. The lowest BCUT2D eigenvalue weighted by molar-refractivity contribution is 0.0548. The number of hydrogen-bond donors (Lipinski definition) is 1. The van der Waals surface area contributed by atoms with Gasteiger partial charge in [0.25, 0.3) is 0 Å². The maximum atomic E-state index is 10.7. The molecular weight excluding hydrogens is 350 g/mol. The molecule has 0 spiro atoms. The first kappa shape index (κ1) is 17.4. The smallest absolute Gasteiger partial charge is 0.124 e. The van der Waals surface area contributed by atoms with Crippen molar-refractivity contribution in [2.45, 2.75) is 13.8 Å². The standard InChI is InChI=1S/C24H25NO3/c1-24(2)14-16(25-6-8-28-9-7-25)10-15-11-19-18-5-4-17(27-3)12-20(18)22(26)13-21(19)23(15)24/h4-5,10-14,26H,6-9H2,1-3H3. The van der Waals surface area contributed by atoms with Gasteiger partial charge in [-0.05, 0) is 63.4 Å². The molecule has 1 aliphatic heterocycles. The van der Waals surface area contributed by atoms with Gasteiger partial charge in [-0.3, -0.25) is 0 Å². The minimum Gasteiger partial charge on any atom is -0.507 e. The maximum absolute atomic E-state index is 10.7. The van der Waals surface area contributed by atoms with E-state index in [9.17, 15) is 5.11 Å². The van der Waals surface area contributed by atoms with Gasteiger partial charge in [0, 0.05) is 29.6 Å². The predicted molar refractivity (Wildman–Crippen MR) is 112 cm³/mol. The van der Waals surface area contributed by atoms with E-state index in [-0.39, 0.29) is 5.41 Å². The zero-order valence-electron chi connectivity index (χ0n) is 16.6. The fourth-order valence-corrected chi connectivity index (χ4v) is 4.76. The topological polar surface area (TPSA) is 41.9 Å². The van der Waals surface area contributed by atoms with E-state index in [4.69, 9.17) is 9.47 Å². The molecule has 1 N–H and O–H groups in total. The third kappa shape index (κ3) is 2.55. The van der Waals surface area contributed by atoms with Crippen LogP contribution in [0, 0.1) is 5.41 Å². The highest BCUT2D eigenvalue weighted by Gasteiger charge is 2.32. The molecule has 0 amide bonds. The second-order valence-electron chi connectivity index (χ2n) is 8.28. The lowest BCUT2D eigenvalue weighted by Gasteiger charge is -2.36. The summed E-state index contributed by atoms with van der Waals surface area (Å²) in [5.41, 5.74) is 3.68. The second-order valence-corrected chi connectivity index (χ2v) is 8.28. The Balaban J connectivity index is 1.74. The van der Waals surface area contributed by atoms with Crippen LogP contribution >= 0.6 is 0 Å². The summed E-state index contributed by atoms with van der Waals surface area (Å²) in [6.07, 6.45) is 6.92. The number of phenols is 1. The molecule has 0 atom stereocenters. The molecule has 1 heterocycles. The van der Waals surface area contributed by atoms with Crippen molar-refractivity contribution in [3.63, 3.8) is 0 Å².